The van der Waals surface area contributed by atoms with Crippen LogP contribution in [0.2, 0.25) is 0 Å². The van der Waals surface area contributed by atoms with E-state index in [9.17, 15) is 24.0 Å². The van der Waals surface area contributed by atoms with E-state index in [4.69, 9.17) is 0 Å². The molecule has 5 aliphatic rings. The van der Waals surface area contributed by atoms with E-state index in [0.717, 1.165) is 64.2 Å². The summed E-state index contributed by atoms with van der Waals surface area (Å²) >= 11 is 0. The van der Waals surface area contributed by atoms with Crippen molar-refractivity contribution in [2.75, 3.05) is 0 Å². The second-order valence-corrected chi connectivity index (χ2v) is 22.3. The lowest BCUT2D eigenvalue weighted by Gasteiger charge is -2.21. The van der Waals surface area contributed by atoms with Gasteiger partial charge >= 0.3 is 0 Å². The Balaban J connectivity index is 0.000000420. The number of carbonyl (C=O) groups excluding carboxylic acids is 5. The lowest BCUT2D eigenvalue weighted by Crippen LogP contribution is -2.14. The van der Waals surface area contributed by atoms with Crippen molar-refractivity contribution < 1.29 is 24.0 Å². The molecule has 382 valence electrons. The van der Waals surface area contributed by atoms with Crippen LogP contribution in [0.5, 0.6) is 0 Å². The molecule has 0 radical (unpaired) electrons. The van der Waals surface area contributed by atoms with Gasteiger partial charge in [0.1, 0.15) is 0 Å². The van der Waals surface area contributed by atoms with Gasteiger partial charge in [0.25, 0.3) is 0 Å². The zero-order valence-electron chi connectivity index (χ0n) is 45.6. The Morgan fingerprint density at radius 2 is 0.537 bits per heavy atom. The SMILES string of the molecule is CC1=CC(=O)CC(CC(C)C)C1.CCCCCC1CC(=O)C=C(C)C1.CCCCCC1CC(=O)C=C(C)C1.CCCCCCC1CC(=O)C=C(C)C1.CCCCCCCC1CC(=O)C=C(C)C1. The van der Waals surface area contributed by atoms with Crippen LogP contribution < -0.4 is 0 Å². The van der Waals surface area contributed by atoms with E-state index in [0.29, 0.717) is 64.4 Å². The minimum absolute atomic E-state index is 0.324. The van der Waals surface area contributed by atoms with E-state index in [-0.39, 0.29) is 0 Å². The van der Waals surface area contributed by atoms with Gasteiger partial charge in [0.2, 0.25) is 0 Å². The molecule has 0 aromatic heterocycles. The quantitative estimate of drug-likeness (QED) is 0.107. The van der Waals surface area contributed by atoms with E-state index in [2.05, 4.69) is 76.2 Å². The Morgan fingerprint density at radius 3 is 0.791 bits per heavy atom. The van der Waals surface area contributed by atoms with E-state index in [1.165, 1.54) is 156 Å². The molecule has 67 heavy (non-hydrogen) atoms. The molecule has 0 aromatic rings. The van der Waals surface area contributed by atoms with Crippen LogP contribution in [-0.4, -0.2) is 28.9 Å². The highest BCUT2D eigenvalue weighted by molar-refractivity contribution is 5.93. The first-order valence-corrected chi connectivity index (χ1v) is 28.0. The zero-order valence-corrected chi connectivity index (χ0v) is 45.6. The molecule has 0 aliphatic heterocycles. The van der Waals surface area contributed by atoms with Crippen LogP contribution in [0.3, 0.4) is 0 Å². The number of carbonyl (C=O) groups is 5. The summed E-state index contributed by atoms with van der Waals surface area (Å²) in [6, 6.07) is 0. The molecule has 5 nitrogen and oxygen atoms in total. The molecule has 0 saturated heterocycles. The first kappa shape index (κ1) is 62.1. The van der Waals surface area contributed by atoms with E-state index >= 15 is 0 Å². The second-order valence-electron chi connectivity index (χ2n) is 22.3. The molecular formula is C62H104O5. The molecular weight excluding hydrogens is 825 g/mol. The van der Waals surface area contributed by atoms with Gasteiger partial charge in [-0.05, 0) is 165 Å². The molecule has 0 N–H and O–H groups in total. The van der Waals surface area contributed by atoms with Gasteiger partial charge in [-0.2, -0.15) is 0 Å². The van der Waals surface area contributed by atoms with Crippen molar-refractivity contribution in [1.82, 2.24) is 0 Å². The van der Waals surface area contributed by atoms with Crippen LogP contribution >= 0.6 is 0 Å². The number of allylic oxidation sites excluding steroid dienone is 10. The van der Waals surface area contributed by atoms with Gasteiger partial charge in [-0.1, -0.05) is 166 Å². The third-order valence-electron chi connectivity index (χ3n) is 14.0. The average Bonchev–Trinajstić information content (AvgIpc) is 3.22. The summed E-state index contributed by atoms with van der Waals surface area (Å²) in [6.45, 7) is 23.7. The van der Waals surface area contributed by atoms with Crippen LogP contribution in [0.25, 0.3) is 0 Å². The molecule has 0 heterocycles. The summed E-state index contributed by atoms with van der Waals surface area (Å²) in [5.74, 6) is 5.59. The molecule has 0 bridgehead atoms. The number of hydrogen-bond donors (Lipinski definition) is 0. The number of ketones is 5. The Hall–Kier alpha value is -2.95. The molecule has 0 saturated carbocycles. The van der Waals surface area contributed by atoms with Gasteiger partial charge in [-0.3, -0.25) is 24.0 Å². The van der Waals surface area contributed by atoms with Crippen molar-refractivity contribution in [2.24, 2.45) is 35.5 Å². The molecule has 0 aromatic carbocycles. The van der Waals surface area contributed by atoms with Gasteiger partial charge in [0, 0.05) is 32.1 Å². The maximum atomic E-state index is 11.3. The summed E-state index contributed by atoms with van der Waals surface area (Å²) in [4.78, 5) is 56.3. The van der Waals surface area contributed by atoms with Crippen molar-refractivity contribution in [1.29, 1.82) is 0 Å². The van der Waals surface area contributed by atoms with Crippen molar-refractivity contribution in [3.8, 4) is 0 Å². The first-order chi connectivity index (χ1) is 32.0. The maximum absolute atomic E-state index is 11.3. The standard InChI is InChI=1S/C14H24O.C13H22O.2C12H20O.C11H18O/c1-3-4-5-6-7-8-13-9-12(2)10-14(15)11-13;1-3-4-5-6-7-12-8-11(2)9-13(14)10-12;2*1-3-4-5-6-11-7-10(2)8-12(13)9-11;1-8(2)4-10-5-9(3)6-11(12)7-10/h10,13H,3-9,11H2,1-2H3;9,12H,3-8,10H2,1-2H3;2*8,11H,3-7,9H2,1-2H3;6,8,10H,4-5,7H2,1-3H3. The monoisotopic (exact) mass is 929 g/mol. The van der Waals surface area contributed by atoms with Crippen LogP contribution in [0.4, 0.5) is 0 Å². The van der Waals surface area contributed by atoms with Gasteiger partial charge in [-0.25, -0.2) is 0 Å². The molecule has 0 spiro atoms. The predicted molar refractivity (Wildman–Crippen MR) is 287 cm³/mol. The van der Waals surface area contributed by atoms with Crippen LogP contribution in [-0.2, 0) is 24.0 Å². The second kappa shape index (κ2) is 37.9. The van der Waals surface area contributed by atoms with Gasteiger partial charge in [0.15, 0.2) is 28.9 Å². The molecule has 5 atom stereocenters. The largest absolute Gasteiger partial charge is 0.295 e. The summed E-state index contributed by atoms with van der Waals surface area (Å²) in [6.07, 6.45) is 44.7. The van der Waals surface area contributed by atoms with Crippen LogP contribution in [0.15, 0.2) is 58.2 Å². The highest BCUT2D eigenvalue weighted by Crippen LogP contribution is 2.30. The lowest BCUT2D eigenvalue weighted by atomic mass is 9.83. The van der Waals surface area contributed by atoms with Gasteiger partial charge < -0.3 is 0 Å². The van der Waals surface area contributed by atoms with E-state index in [1.807, 2.05) is 24.3 Å². The highest BCUT2D eigenvalue weighted by atomic mass is 16.1. The van der Waals surface area contributed by atoms with Crippen molar-refractivity contribution in [2.45, 2.75) is 269 Å². The average molecular weight is 930 g/mol. The molecule has 0 amide bonds. The number of unbranched alkanes of at least 4 members (excludes halogenated alkanes) is 11. The van der Waals surface area contributed by atoms with Gasteiger partial charge in [-0.15, -0.1) is 0 Å². The minimum Gasteiger partial charge on any atom is -0.295 e. The van der Waals surface area contributed by atoms with Gasteiger partial charge in [0.05, 0.1) is 0 Å². The first-order valence-electron chi connectivity index (χ1n) is 28.0. The van der Waals surface area contributed by atoms with Crippen molar-refractivity contribution >= 4 is 28.9 Å². The maximum Gasteiger partial charge on any atom is 0.155 e. The minimum atomic E-state index is 0.324. The lowest BCUT2D eigenvalue weighted by molar-refractivity contribution is -0.116. The summed E-state index contributed by atoms with van der Waals surface area (Å²) in [5, 5.41) is 0. The fraction of sp³-hybridized carbons (Fsp3) is 0.758. The van der Waals surface area contributed by atoms with Crippen LogP contribution in [0.1, 0.15) is 269 Å². The predicted octanol–water partition coefficient (Wildman–Crippen LogP) is 18.1. The zero-order chi connectivity index (χ0) is 50.0. The summed E-state index contributed by atoms with van der Waals surface area (Å²) < 4.78 is 0. The number of hydrogen-bond acceptors (Lipinski definition) is 5. The molecule has 0 fully saturated rings. The normalized spacial score (nSPS) is 22.8. The Kier molecular flexibility index (Phi) is 35.1. The third kappa shape index (κ3) is 33.3. The van der Waals surface area contributed by atoms with E-state index < -0.39 is 0 Å². The highest BCUT2D eigenvalue weighted by Gasteiger charge is 2.22. The topological polar surface area (TPSA) is 85.3 Å². The molecule has 5 rings (SSSR count). The Morgan fingerprint density at radius 1 is 0.328 bits per heavy atom. The third-order valence-corrected chi connectivity index (χ3v) is 14.0. The molecule has 5 aliphatic carbocycles. The Bertz CT molecular complexity index is 1550. The van der Waals surface area contributed by atoms with Crippen molar-refractivity contribution in [3.63, 3.8) is 0 Å². The molecule has 5 unspecified atom stereocenters. The van der Waals surface area contributed by atoms with Crippen molar-refractivity contribution in [3.05, 3.63) is 58.2 Å². The smallest absolute Gasteiger partial charge is 0.155 e. The fourth-order valence-corrected chi connectivity index (χ4v) is 10.9. The fourth-order valence-electron chi connectivity index (χ4n) is 10.9. The van der Waals surface area contributed by atoms with Crippen LogP contribution in [0, 0.1) is 35.5 Å². The number of rotatable bonds is 21. The Labute approximate surface area is 413 Å². The molecule has 5 heteroatoms. The summed E-state index contributed by atoms with van der Waals surface area (Å²) in [7, 11) is 0. The summed E-state index contributed by atoms with van der Waals surface area (Å²) in [5.41, 5.74) is 6.37. The van der Waals surface area contributed by atoms with E-state index in [1.54, 1.807) is 6.08 Å².